The number of hydrogen-bond acceptors (Lipinski definition) is 2. The molecule has 0 aliphatic carbocycles. The maximum atomic E-state index is 11.2. The number of aromatic amines is 1. The summed E-state index contributed by atoms with van der Waals surface area (Å²) in [5.41, 5.74) is 3.37. The molecule has 0 unspecified atom stereocenters. The molecule has 0 saturated heterocycles. The van der Waals surface area contributed by atoms with Crippen LogP contribution in [0.5, 0.6) is 5.75 Å². The summed E-state index contributed by atoms with van der Waals surface area (Å²) in [5.74, 6) is 0.839. The van der Waals surface area contributed by atoms with Gasteiger partial charge in [0.2, 0.25) is 0 Å². The Kier molecular flexibility index (Phi) is 5.01. The maximum absolute atomic E-state index is 11.2. The van der Waals surface area contributed by atoms with Gasteiger partial charge in [0.1, 0.15) is 12.4 Å². The monoisotopic (exact) mass is 323 g/mol. The molecule has 0 saturated carbocycles. The number of aromatic nitrogens is 1. The van der Waals surface area contributed by atoms with Crippen molar-refractivity contribution in [3.8, 4) is 5.75 Å². The van der Waals surface area contributed by atoms with Crippen LogP contribution in [0.3, 0.4) is 0 Å². The second-order valence-corrected chi connectivity index (χ2v) is 5.55. The number of ether oxygens (including phenoxy) is 1. The normalized spacial score (nSPS) is 10.5. The fourth-order valence-electron chi connectivity index (χ4n) is 2.59. The summed E-state index contributed by atoms with van der Waals surface area (Å²) >= 11 is 0. The van der Waals surface area contributed by atoms with E-state index < -0.39 is 0 Å². The molecule has 0 atom stereocenters. The van der Waals surface area contributed by atoms with Crippen molar-refractivity contribution in [2.45, 2.75) is 13.0 Å². The first kappa shape index (κ1) is 15.9. The number of rotatable bonds is 6. The molecular weight excluding hydrogens is 302 g/mol. The van der Waals surface area contributed by atoms with Crippen LogP contribution in [0.2, 0.25) is 0 Å². The molecule has 2 aromatic carbocycles. The Labute approximate surface area is 141 Å². The Morgan fingerprint density at radius 3 is 2.79 bits per heavy atom. The van der Waals surface area contributed by atoms with Crippen LogP contribution >= 0.6 is 0 Å². The third kappa shape index (κ3) is 3.87. The number of hydrogen-bond donors (Lipinski definition) is 3. The van der Waals surface area contributed by atoms with Gasteiger partial charge in [0.05, 0.1) is 0 Å². The number of carbonyl (C=O) groups excluding carboxylic acids is 1. The molecule has 0 aliphatic rings. The number of urea groups is 1. The summed E-state index contributed by atoms with van der Waals surface area (Å²) < 4.78 is 5.89. The van der Waals surface area contributed by atoms with Crippen LogP contribution < -0.4 is 15.4 Å². The van der Waals surface area contributed by atoms with Crippen LogP contribution in [-0.2, 0) is 13.0 Å². The molecule has 3 rings (SSSR count). The van der Waals surface area contributed by atoms with E-state index >= 15 is 0 Å². The SMILES string of the molecule is CNC(=O)NCCc1c[nH]c2ccc(OCc3ccccc3)cc12. The van der Waals surface area contributed by atoms with E-state index in [0.717, 1.165) is 34.2 Å². The average molecular weight is 323 g/mol. The molecular formula is C19H21N3O2. The Morgan fingerprint density at radius 2 is 2.00 bits per heavy atom. The number of carbonyl (C=O) groups is 1. The lowest BCUT2D eigenvalue weighted by atomic mass is 10.1. The van der Waals surface area contributed by atoms with Crippen LogP contribution in [0.25, 0.3) is 10.9 Å². The predicted molar refractivity (Wildman–Crippen MR) is 95.2 cm³/mol. The fourth-order valence-corrected chi connectivity index (χ4v) is 2.59. The molecule has 0 aliphatic heterocycles. The van der Waals surface area contributed by atoms with E-state index in [-0.39, 0.29) is 6.03 Å². The van der Waals surface area contributed by atoms with Crippen LogP contribution in [-0.4, -0.2) is 24.6 Å². The summed E-state index contributed by atoms with van der Waals surface area (Å²) in [7, 11) is 1.61. The largest absolute Gasteiger partial charge is 0.489 e. The Balaban J connectivity index is 1.67. The third-order valence-electron chi connectivity index (χ3n) is 3.89. The minimum Gasteiger partial charge on any atom is -0.489 e. The lowest BCUT2D eigenvalue weighted by molar-refractivity contribution is 0.243. The topological polar surface area (TPSA) is 66.2 Å². The molecule has 2 amide bonds. The number of benzene rings is 2. The lowest BCUT2D eigenvalue weighted by Gasteiger charge is -2.07. The van der Waals surface area contributed by atoms with Gasteiger partial charge in [-0.15, -0.1) is 0 Å². The van der Waals surface area contributed by atoms with Crippen molar-refractivity contribution in [2.24, 2.45) is 0 Å². The number of H-pyrrole nitrogens is 1. The molecule has 1 heterocycles. The van der Waals surface area contributed by atoms with Gasteiger partial charge < -0.3 is 20.4 Å². The van der Waals surface area contributed by atoms with Crippen molar-refractivity contribution in [3.05, 3.63) is 65.9 Å². The molecule has 24 heavy (non-hydrogen) atoms. The maximum Gasteiger partial charge on any atom is 0.314 e. The molecule has 3 aromatic rings. The average Bonchev–Trinajstić information content (AvgIpc) is 3.03. The summed E-state index contributed by atoms with van der Waals surface area (Å²) in [6.07, 6.45) is 2.74. The molecule has 0 spiro atoms. The molecule has 1 aromatic heterocycles. The Morgan fingerprint density at radius 1 is 1.17 bits per heavy atom. The molecule has 3 N–H and O–H groups in total. The van der Waals surface area contributed by atoms with Gasteiger partial charge >= 0.3 is 6.03 Å². The smallest absolute Gasteiger partial charge is 0.314 e. The first-order chi connectivity index (χ1) is 11.8. The highest BCUT2D eigenvalue weighted by Crippen LogP contribution is 2.24. The number of nitrogens with one attached hydrogen (secondary N) is 3. The first-order valence-corrected chi connectivity index (χ1v) is 7.98. The fraction of sp³-hybridized carbons (Fsp3) is 0.211. The van der Waals surface area contributed by atoms with Gasteiger partial charge in [0.25, 0.3) is 0 Å². The second kappa shape index (κ2) is 7.55. The molecule has 5 nitrogen and oxygen atoms in total. The molecule has 0 bridgehead atoms. The summed E-state index contributed by atoms with van der Waals surface area (Å²) in [6.45, 7) is 1.13. The highest BCUT2D eigenvalue weighted by molar-refractivity contribution is 5.84. The van der Waals surface area contributed by atoms with Crippen molar-refractivity contribution >= 4 is 16.9 Å². The predicted octanol–water partition coefficient (Wildman–Crippen LogP) is 3.22. The minimum atomic E-state index is -0.165. The van der Waals surface area contributed by atoms with Crippen LogP contribution in [0.15, 0.2) is 54.7 Å². The lowest BCUT2D eigenvalue weighted by Crippen LogP contribution is -2.33. The van der Waals surface area contributed by atoms with Crippen molar-refractivity contribution in [3.63, 3.8) is 0 Å². The minimum absolute atomic E-state index is 0.165. The van der Waals surface area contributed by atoms with Crippen molar-refractivity contribution < 1.29 is 9.53 Å². The summed E-state index contributed by atoms with van der Waals surface area (Å²) in [4.78, 5) is 14.5. The highest BCUT2D eigenvalue weighted by Gasteiger charge is 2.06. The van der Waals surface area contributed by atoms with Gasteiger partial charge in [-0.1, -0.05) is 30.3 Å². The number of fused-ring (bicyclic) bond motifs is 1. The second-order valence-electron chi connectivity index (χ2n) is 5.55. The first-order valence-electron chi connectivity index (χ1n) is 7.98. The van der Waals surface area contributed by atoms with Gasteiger partial charge in [-0.3, -0.25) is 0 Å². The van der Waals surface area contributed by atoms with E-state index in [1.54, 1.807) is 7.05 Å². The third-order valence-corrected chi connectivity index (χ3v) is 3.89. The summed E-state index contributed by atoms with van der Waals surface area (Å²) in [5, 5.41) is 6.47. The van der Waals surface area contributed by atoms with E-state index in [9.17, 15) is 4.79 Å². The standard InChI is InChI=1S/C19H21N3O2/c1-20-19(23)21-10-9-15-12-22-18-8-7-16(11-17(15)18)24-13-14-5-3-2-4-6-14/h2-8,11-12,22H,9-10,13H2,1H3,(H2,20,21,23). The summed E-state index contributed by atoms with van der Waals surface area (Å²) in [6, 6.07) is 16.0. The molecule has 124 valence electrons. The van der Waals surface area contributed by atoms with Crippen molar-refractivity contribution in [2.75, 3.05) is 13.6 Å². The zero-order chi connectivity index (χ0) is 16.8. The zero-order valence-corrected chi connectivity index (χ0v) is 13.6. The zero-order valence-electron chi connectivity index (χ0n) is 13.6. The van der Waals surface area contributed by atoms with E-state index in [2.05, 4.69) is 15.6 Å². The van der Waals surface area contributed by atoms with Gasteiger partial charge in [-0.2, -0.15) is 0 Å². The highest BCUT2D eigenvalue weighted by atomic mass is 16.5. The molecule has 0 radical (unpaired) electrons. The van der Waals surface area contributed by atoms with Gasteiger partial charge in [0, 0.05) is 30.7 Å². The van der Waals surface area contributed by atoms with Gasteiger partial charge in [0.15, 0.2) is 0 Å². The molecule has 5 heteroatoms. The van der Waals surface area contributed by atoms with Crippen molar-refractivity contribution in [1.82, 2.24) is 15.6 Å². The van der Waals surface area contributed by atoms with Gasteiger partial charge in [-0.25, -0.2) is 4.79 Å². The van der Waals surface area contributed by atoms with Crippen molar-refractivity contribution in [1.29, 1.82) is 0 Å². The van der Waals surface area contributed by atoms with E-state index in [1.165, 1.54) is 0 Å². The number of amides is 2. The Hall–Kier alpha value is -2.95. The van der Waals surface area contributed by atoms with Crippen LogP contribution in [0.1, 0.15) is 11.1 Å². The Bertz CT molecular complexity index is 812. The molecule has 0 fully saturated rings. The van der Waals surface area contributed by atoms with Crippen LogP contribution in [0.4, 0.5) is 4.79 Å². The van der Waals surface area contributed by atoms with E-state index in [4.69, 9.17) is 4.74 Å². The van der Waals surface area contributed by atoms with E-state index in [0.29, 0.717) is 13.2 Å². The van der Waals surface area contributed by atoms with E-state index in [1.807, 2.05) is 54.7 Å². The quantitative estimate of drug-likeness (QED) is 0.652. The van der Waals surface area contributed by atoms with Crippen LogP contribution in [0, 0.1) is 0 Å². The van der Waals surface area contributed by atoms with Gasteiger partial charge in [-0.05, 0) is 35.7 Å².